The second-order valence-corrected chi connectivity index (χ2v) is 4.69. The van der Waals surface area contributed by atoms with Crippen LogP contribution in [-0.4, -0.2) is 42.6 Å². The van der Waals surface area contributed by atoms with E-state index < -0.39 is 0 Å². The van der Waals surface area contributed by atoms with Gasteiger partial charge in [-0.05, 0) is 25.6 Å². The van der Waals surface area contributed by atoms with Gasteiger partial charge in [-0.15, -0.1) is 0 Å². The Morgan fingerprint density at radius 1 is 1.44 bits per heavy atom. The molecule has 1 fully saturated rings. The van der Waals surface area contributed by atoms with E-state index in [0.29, 0.717) is 11.2 Å². The van der Waals surface area contributed by atoms with Crippen LogP contribution in [0.1, 0.15) is 13.3 Å². The van der Waals surface area contributed by atoms with Gasteiger partial charge in [0, 0.05) is 25.7 Å². The SMILES string of the molecule is CCC1CN(c2cccc(Cl)n2)CCN1C. The van der Waals surface area contributed by atoms with E-state index in [4.69, 9.17) is 11.6 Å². The van der Waals surface area contributed by atoms with Crippen LogP contribution in [0.15, 0.2) is 18.2 Å². The molecule has 0 saturated carbocycles. The molecule has 1 aliphatic rings. The molecule has 3 nitrogen and oxygen atoms in total. The monoisotopic (exact) mass is 239 g/mol. The van der Waals surface area contributed by atoms with Crippen LogP contribution in [-0.2, 0) is 0 Å². The molecule has 4 heteroatoms. The summed E-state index contributed by atoms with van der Waals surface area (Å²) in [4.78, 5) is 9.10. The molecule has 0 N–H and O–H groups in total. The first-order chi connectivity index (χ1) is 7.70. The maximum atomic E-state index is 5.91. The van der Waals surface area contributed by atoms with Crippen LogP contribution >= 0.6 is 11.6 Å². The standard InChI is InChI=1S/C12H18ClN3/c1-3-10-9-16(8-7-15(10)2)12-6-4-5-11(13)14-12/h4-6,10H,3,7-9H2,1-2H3. The summed E-state index contributed by atoms with van der Waals surface area (Å²) < 4.78 is 0. The van der Waals surface area contributed by atoms with Crippen LogP contribution in [0.3, 0.4) is 0 Å². The fraction of sp³-hybridized carbons (Fsp3) is 0.583. The lowest BCUT2D eigenvalue weighted by atomic mass is 10.1. The summed E-state index contributed by atoms with van der Waals surface area (Å²) in [7, 11) is 2.19. The quantitative estimate of drug-likeness (QED) is 0.739. The predicted molar refractivity (Wildman–Crippen MR) is 68.2 cm³/mol. The Balaban J connectivity index is 2.11. The second-order valence-electron chi connectivity index (χ2n) is 4.31. The minimum Gasteiger partial charge on any atom is -0.354 e. The Bertz CT molecular complexity index is 356. The molecule has 0 aromatic carbocycles. The smallest absolute Gasteiger partial charge is 0.131 e. The summed E-state index contributed by atoms with van der Waals surface area (Å²) in [6, 6.07) is 6.43. The van der Waals surface area contributed by atoms with Crippen molar-refractivity contribution in [3.63, 3.8) is 0 Å². The maximum absolute atomic E-state index is 5.91. The molecule has 16 heavy (non-hydrogen) atoms. The van der Waals surface area contributed by atoms with Crippen molar-refractivity contribution in [1.29, 1.82) is 0 Å². The number of rotatable bonds is 2. The zero-order valence-electron chi connectivity index (χ0n) is 9.86. The Labute approximate surface area is 102 Å². The summed E-state index contributed by atoms with van der Waals surface area (Å²) in [5, 5.41) is 0.574. The van der Waals surface area contributed by atoms with Crippen LogP contribution in [0.25, 0.3) is 0 Å². The lowest BCUT2D eigenvalue weighted by Crippen LogP contribution is -2.51. The molecule has 1 aromatic rings. The molecule has 1 aliphatic heterocycles. The van der Waals surface area contributed by atoms with Gasteiger partial charge in [0.2, 0.25) is 0 Å². The van der Waals surface area contributed by atoms with Crippen molar-refractivity contribution in [3.05, 3.63) is 23.4 Å². The van der Waals surface area contributed by atoms with Crippen molar-refractivity contribution in [3.8, 4) is 0 Å². The molecular formula is C12H18ClN3. The number of hydrogen-bond acceptors (Lipinski definition) is 3. The van der Waals surface area contributed by atoms with E-state index in [1.165, 1.54) is 6.42 Å². The molecular weight excluding hydrogens is 222 g/mol. The zero-order valence-corrected chi connectivity index (χ0v) is 10.6. The van der Waals surface area contributed by atoms with E-state index in [2.05, 4.69) is 28.8 Å². The van der Waals surface area contributed by atoms with E-state index in [1.807, 2.05) is 18.2 Å². The van der Waals surface area contributed by atoms with Gasteiger partial charge in [0.15, 0.2) is 0 Å². The van der Waals surface area contributed by atoms with Crippen molar-refractivity contribution in [2.75, 3.05) is 31.6 Å². The second kappa shape index (κ2) is 5.02. The molecule has 1 aromatic heterocycles. The van der Waals surface area contributed by atoms with Gasteiger partial charge in [0.1, 0.15) is 11.0 Å². The van der Waals surface area contributed by atoms with Crippen LogP contribution < -0.4 is 4.90 Å². The number of anilines is 1. The molecule has 1 atom stereocenters. The van der Waals surface area contributed by atoms with Gasteiger partial charge in [0.05, 0.1) is 0 Å². The minimum atomic E-state index is 0.574. The van der Waals surface area contributed by atoms with Crippen LogP contribution in [0.2, 0.25) is 5.15 Å². The molecule has 0 amide bonds. The molecule has 88 valence electrons. The third-order valence-electron chi connectivity index (χ3n) is 3.27. The number of hydrogen-bond donors (Lipinski definition) is 0. The Morgan fingerprint density at radius 3 is 2.94 bits per heavy atom. The van der Waals surface area contributed by atoms with Gasteiger partial charge in [0.25, 0.3) is 0 Å². The summed E-state index contributed by atoms with van der Waals surface area (Å²) >= 11 is 5.91. The number of pyridine rings is 1. The molecule has 0 bridgehead atoms. The average Bonchev–Trinajstić information content (AvgIpc) is 2.29. The molecule has 0 radical (unpaired) electrons. The minimum absolute atomic E-state index is 0.574. The molecule has 2 heterocycles. The van der Waals surface area contributed by atoms with Gasteiger partial charge in [-0.25, -0.2) is 4.98 Å². The van der Waals surface area contributed by atoms with E-state index in [0.717, 1.165) is 25.5 Å². The van der Waals surface area contributed by atoms with Crippen LogP contribution in [0.5, 0.6) is 0 Å². The van der Waals surface area contributed by atoms with Crippen LogP contribution in [0.4, 0.5) is 5.82 Å². The van der Waals surface area contributed by atoms with Crippen molar-refractivity contribution in [2.45, 2.75) is 19.4 Å². The first-order valence-corrected chi connectivity index (χ1v) is 6.16. The number of nitrogens with zero attached hydrogens (tertiary/aromatic N) is 3. The third-order valence-corrected chi connectivity index (χ3v) is 3.48. The van der Waals surface area contributed by atoms with Gasteiger partial charge in [-0.3, -0.25) is 4.90 Å². The van der Waals surface area contributed by atoms with Gasteiger partial charge in [-0.2, -0.15) is 0 Å². The molecule has 0 spiro atoms. The highest BCUT2D eigenvalue weighted by molar-refractivity contribution is 6.29. The van der Waals surface area contributed by atoms with Crippen molar-refractivity contribution in [1.82, 2.24) is 9.88 Å². The summed E-state index contributed by atoms with van der Waals surface area (Å²) in [6.45, 7) is 5.39. The third kappa shape index (κ3) is 2.47. The Kier molecular flexibility index (Phi) is 3.66. The van der Waals surface area contributed by atoms with E-state index >= 15 is 0 Å². The van der Waals surface area contributed by atoms with E-state index in [9.17, 15) is 0 Å². The number of piperazine rings is 1. The first kappa shape index (κ1) is 11.7. The highest BCUT2D eigenvalue weighted by Crippen LogP contribution is 2.19. The summed E-state index contributed by atoms with van der Waals surface area (Å²) in [5.74, 6) is 0.999. The molecule has 1 unspecified atom stereocenters. The topological polar surface area (TPSA) is 19.4 Å². The highest BCUT2D eigenvalue weighted by atomic mass is 35.5. The zero-order chi connectivity index (χ0) is 11.5. The fourth-order valence-corrected chi connectivity index (χ4v) is 2.33. The molecule has 2 rings (SSSR count). The molecule has 1 saturated heterocycles. The maximum Gasteiger partial charge on any atom is 0.131 e. The van der Waals surface area contributed by atoms with Crippen molar-refractivity contribution < 1.29 is 0 Å². The van der Waals surface area contributed by atoms with Gasteiger partial charge < -0.3 is 4.90 Å². The number of halogens is 1. The van der Waals surface area contributed by atoms with E-state index in [-0.39, 0.29) is 0 Å². The van der Waals surface area contributed by atoms with Crippen LogP contribution in [0, 0.1) is 0 Å². The van der Waals surface area contributed by atoms with Crippen molar-refractivity contribution >= 4 is 17.4 Å². The highest BCUT2D eigenvalue weighted by Gasteiger charge is 2.23. The Hall–Kier alpha value is -0.800. The average molecular weight is 240 g/mol. The normalized spacial score (nSPS) is 22.4. The molecule has 0 aliphatic carbocycles. The number of aromatic nitrogens is 1. The van der Waals surface area contributed by atoms with Gasteiger partial charge >= 0.3 is 0 Å². The number of likely N-dealkylation sites (N-methyl/N-ethyl adjacent to an activating group) is 1. The Morgan fingerprint density at radius 2 is 2.25 bits per heavy atom. The summed E-state index contributed by atoms with van der Waals surface area (Å²) in [6.07, 6.45) is 1.17. The largest absolute Gasteiger partial charge is 0.354 e. The first-order valence-electron chi connectivity index (χ1n) is 5.78. The van der Waals surface area contributed by atoms with Crippen molar-refractivity contribution in [2.24, 2.45) is 0 Å². The van der Waals surface area contributed by atoms with E-state index in [1.54, 1.807) is 0 Å². The lowest BCUT2D eigenvalue weighted by molar-refractivity contribution is 0.213. The lowest BCUT2D eigenvalue weighted by Gasteiger charge is -2.39. The fourth-order valence-electron chi connectivity index (χ4n) is 2.17. The predicted octanol–water partition coefficient (Wildman–Crippen LogP) is 2.27. The summed E-state index contributed by atoms with van der Waals surface area (Å²) in [5.41, 5.74) is 0. The van der Waals surface area contributed by atoms with Gasteiger partial charge in [-0.1, -0.05) is 24.6 Å².